The number of anilines is 2. The summed E-state index contributed by atoms with van der Waals surface area (Å²) in [5.41, 5.74) is 3.23. The first kappa shape index (κ1) is 18.6. The van der Waals surface area contributed by atoms with Crippen LogP contribution in [0.3, 0.4) is 0 Å². The molecule has 4 rings (SSSR count). The zero-order valence-electron chi connectivity index (χ0n) is 16.1. The van der Waals surface area contributed by atoms with Crippen LogP contribution in [0, 0.1) is 13.8 Å². The Kier molecular flexibility index (Phi) is 5.13. The minimum atomic E-state index is -0.257. The topological polar surface area (TPSA) is 80.1 Å². The van der Waals surface area contributed by atoms with Crippen molar-refractivity contribution in [3.63, 3.8) is 0 Å². The van der Waals surface area contributed by atoms with Gasteiger partial charge in [0.25, 0.3) is 5.56 Å². The number of fused-ring (bicyclic) bond motifs is 1. The van der Waals surface area contributed by atoms with Gasteiger partial charge in [-0.25, -0.2) is 4.98 Å². The summed E-state index contributed by atoms with van der Waals surface area (Å²) in [5, 5.41) is 3.69. The van der Waals surface area contributed by atoms with Gasteiger partial charge in [0.05, 0.1) is 0 Å². The van der Waals surface area contributed by atoms with Crippen LogP contribution < -0.4 is 15.8 Å². The lowest BCUT2D eigenvalue weighted by molar-refractivity contribution is -0.116. The van der Waals surface area contributed by atoms with E-state index >= 15 is 0 Å². The smallest absolute Gasteiger partial charge is 0.273 e. The predicted molar refractivity (Wildman–Crippen MR) is 112 cm³/mol. The first-order chi connectivity index (χ1) is 13.5. The van der Waals surface area contributed by atoms with Crippen LogP contribution in [0.5, 0.6) is 0 Å². The van der Waals surface area contributed by atoms with E-state index in [2.05, 4.69) is 20.2 Å². The Hall–Kier alpha value is -2.74. The summed E-state index contributed by atoms with van der Waals surface area (Å²) in [6.45, 7) is 5.87. The minimum Gasteiger partial charge on any atom is -0.348 e. The van der Waals surface area contributed by atoms with E-state index in [0.717, 1.165) is 42.3 Å². The minimum absolute atomic E-state index is 0.0777. The average Bonchev–Trinajstić information content (AvgIpc) is 3.13. The summed E-state index contributed by atoms with van der Waals surface area (Å²) in [7, 11) is 0. The molecule has 8 heteroatoms. The average molecular weight is 398 g/mol. The molecule has 2 aromatic heterocycles. The van der Waals surface area contributed by atoms with E-state index in [-0.39, 0.29) is 18.0 Å². The first-order valence-electron chi connectivity index (χ1n) is 9.49. The molecule has 0 atom stereocenters. The van der Waals surface area contributed by atoms with E-state index in [4.69, 9.17) is 0 Å². The van der Waals surface area contributed by atoms with Crippen molar-refractivity contribution in [1.29, 1.82) is 0 Å². The van der Waals surface area contributed by atoms with Crippen LogP contribution in [0.4, 0.5) is 10.8 Å². The van der Waals surface area contributed by atoms with Gasteiger partial charge in [0.15, 0.2) is 10.8 Å². The maximum absolute atomic E-state index is 12.8. The van der Waals surface area contributed by atoms with E-state index in [1.54, 1.807) is 0 Å². The molecule has 1 aliphatic rings. The molecule has 0 spiro atoms. The van der Waals surface area contributed by atoms with Crippen LogP contribution in [-0.4, -0.2) is 33.5 Å². The van der Waals surface area contributed by atoms with E-state index in [1.165, 1.54) is 34.2 Å². The summed E-state index contributed by atoms with van der Waals surface area (Å²) in [6.07, 6.45) is 4.94. The second kappa shape index (κ2) is 7.71. The number of amides is 1. The molecule has 1 aliphatic heterocycles. The number of thiazole rings is 1. The third-order valence-electron chi connectivity index (χ3n) is 5.10. The van der Waals surface area contributed by atoms with Crippen LogP contribution in [0.2, 0.25) is 0 Å². The number of hydrogen-bond donors (Lipinski definition) is 1. The molecule has 1 saturated heterocycles. The zero-order chi connectivity index (χ0) is 19.7. The molecule has 1 aromatic carbocycles. The van der Waals surface area contributed by atoms with Crippen molar-refractivity contribution >= 4 is 38.4 Å². The molecule has 3 heterocycles. The van der Waals surface area contributed by atoms with Crippen LogP contribution in [0.1, 0.15) is 30.4 Å². The summed E-state index contributed by atoms with van der Waals surface area (Å²) < 4.78 is 1.85. The summed E-state index contributed by atoms with van der Waals surface area (Å²) in [4.78, 5) is 36.2. The molecule has 7 nitrogen and oxygen atoms in total. The van der Waals surface area contributed by atoms with Gasteiger partial charge in [-0.3, -0.25) is 14.2 Å². The number of carbonyl (C=O) groups is 1. The maximum atomic E-state index is 12.8. The number of aromatic nitrogens is 3. The fourth-order valence-corrected chi connectivity index (χ4v) is 4.36. The largest absolute Gasteiger partial charge is 0.348 e. The lowest BCUT2D eigenvalue weighted by Gasteiger charge is -2.25. The molecule has 28 heavy (non-hydrogen) atoms. The Bertz CT molecular complexity index is 1080. The van der Waals surface area contributed by atoms with Gasteiger partial charge in [-0.2, -0.15) is 4.98 Å². The maximum Gasteiger partial charge on any atom is 0.273 e. The number of hydrogen-bond acceptors (Lipinski definition) is 6. The second-order valence-corrected chi connectivity index (χ2v) is 8.20. The fraction of sp³-hybridized carbons (Fsp3) is 0.400. The lowest BCUT2D eigenvalue weighted by atomic mass is 10.1. The van der Waals surface area contributed by atoms with Gasteiger partial charge < -0.3 is 10.2 Å². The van der Waals surface area contributed by atoms with Crippen molar-refractivity contribution in [3.05, 3.63) is 46.0 Å². The molecular formula is C20H23N5O2S. The molecule has 146 valence electrons. The Labute approximate surface area is 167 Å². The van der Waals surface area contributed by atoms with Crippen molar-refractivity contribution in [2.45, 2.75) is 39.7 Å². The molecule has 0 radical (unpaired) electrons. The number of carbonyl (C=O) groups excluding carboxylic acids is 1. The number of benzene rings is 1. The lowest BCUT2D eigenvalue weighted by Crippen LogP contribution is -2.29. The van der Waals surface area contributed by atoms with Crippen molar-refractivity contribution < 1.29 is 4.79 Å². The predicted octanol–water partition coefficient (Wildman–Crippen LogP) is 3.10. The van der Waals surface area contributed by atoms with E-state index in [1.807, 2.05) is 32.0 Å². The molecule has 0 saturated carbocycles. The first-order valence-corrected chi connectivity index (χ1v) is 10.3. The monoisotopic (exact) mass is 397 g/mol. The highest BCUT2D eigenvalue weighted by atomic mass is 32.1. The van der Waals surface area contributed by atoms with Gasteiger partial charge in [0.1, 0.15) is 17.6 Å². The number of rotatable bonds is 4. The summed E-state index contributed by atoms with van der Waals surface area (Å²) >= 11 is 1.37. The van der Waals surface area contributed by atoms with E-state index < -0.39 is 0 Å². The molecule has 1 fully saturated rings. The molecule has 0 aliphatic carbocycles. The van der Waals surface area contributed by atoms with E-state index in [9.17, 15) is 9.59 Å². The number of aryl methyl sites for hydroxylation is 2. The third-order valence-corrected chi connectivity index (χ3v) is 6.20. The highest BCUT2D eigenvalue weighted by Gasteiger charge is 2.18. The van der Waals surface area contributed by atoms with Crippen LogP contribution in [0.25, 0.3) is 10.3 Å². The van der Waals surface area contributed by atoms with Crippen molar-refractivity contribution in [3.8, 4) is 0 Å². The molecule has 0 unspecified atom stereocenters. The van der Waals surface area contributed by atoms with Crippen LogP contribution in [0.15, 0.2) is 29.3 Å². The Morgan fingerprint density at radius 1 is 1.18 bits per heavy atom. The normalized spacial score (nSPS) is 14.4. The van der Waals surface area contributed by atoms with Crippen LogP contribution >= 0.6 is 11.3 Å². The summed E-state index contributed by atoms with van der Waals surface area (Å²) in [6, 6.07) is 5.74. The van der Waals surface area contributed by atoms with Crippen molar-refractivity contribution in [2.75, 3.05) is 23.3 Å². The Balaban J connectivity index is 1.53. The van der Waals surface area contributed by atoms with Gasteiger partial charge in [0.2, 0.25) is 5.91 Å². The van der Waals surface area contributed by atoms with Gasteiger partial charge >= 0.3 is 0 Å². The molecule has 1 N–H and O–H groups in total. The highest BCUT2D eigenvalue weighted by Crippen LogP contribution is 2.27. The standard InChI is InChI=1S/C20H23N5O2S/c1-13-6-7-15(10-14(13)2)22-16(26)11-25-12-21-18-17(19(25)27)28-20(23-18)24-8-4-3-5-9-24/h6-7,10,12H,3-5,8-9,11H2,1-2H3,(H,22,26). The number of nitrogens with one attached hydrogen (secondary N) is 1. The Morgan fingerprint density at radius 2 is 1.96 bits per heavy atom. The Morgan fingerprint density at radius 3 is 2.71 bits per heavy atom. The van der Waals surface area contributed by atoms with Gasteiger partial charge in [-0.05, 0) is 56.4 Å². The number of nitrogens with zero attached hydrogens (tertiary/aromatic N) is 4. The number of piperidine rings is 1. The summed E-state index contributed by atoms with van der Waals surface area (Å²) in [5.74, 6) is -0.257. The zero-order valence-corrected chi connectivity index (χ0v) is 16.9. The van der Waals surface area contributed by atoms with Gasteiger partial charge in [-0.1, -0.05) is 17.4 Å². The SMILES string of the molecule is Cc1ccc(NC(=O)Cn2cnc3nc(N4CCCCC4)sc3c2=O)cc1C. The molecular weight excluding hydrogens is 374 g/mol. The fourth-order valence-electron chi connectivity index (χ4n) is 3.34. The van der Waals surface area contributed by atoms with Crippen molar-refractivity contribution in [1.82, 2.24) is 14.5 Å². The third kappa shape index (κ3) is 3.77. The van der Waals surface area contributed by atoms with Crippen molar-refractivity contribution in [2.24, 2.45) is 0 Å². The van der Waals surface area contributed by atoms with Crippen LogP contribution in [-0.2, 0) is 11.3 Å². The second-order valence-electron chi connectivity index (χ2n) is 7.22. The molecule has 1 amide bonds. The highest BCUT2D eigenvalue weighted by molar-refractivity contribution is 7.22. The van der Waals surface area contributed by atoms with E-state index in [0.29, 0.717) is 10.3 Å². The van der Waals surface area contributed by atoms with Gasteiger partial charge in [0, 0.05) is 18.8 Å². The quantitative estimate of drug-likeness (QED) is 0.732. The van der Waals surface area contributed by atoms with Gasteiger partial charge in [-0.15, -0.1) is 0 Å². The molecule has 3 aromatic rings. The molecule has 0 bridgehead atoms.